The van der Waals surface area contributed by atoms with Gasteiger partial charge in [-0.25, -0.2) is 0 Å². The van der Waals surface area contributed by atoms with E-state index in [4.69, 9.17) is 22.7 Å². The lowest BCUT2D eigenvalue weighted by molar-refractivity contribution is 0.487. The van der Waals surface area contributed by atoms with E-state index in [1.54, 1.807) is 0 Å². The van der Waals surface area contributed by atoms with Crippen molar-refractivity contribution in [2.24, 2.45) is 0 Å². The molecule has 25 rings (SSSR count). The largest absolute Gasteiger partial charge is 0.458 e. The fourth-order valence-electron chi connectivity index (χ4n) is 23.9. The molecule has 0 fully saturated rings. The molecule has 0 saturated carbocycles. The van der Waals surface area contributed by atoms with Gasteiger partial charge in [-0.15, -0.1) is 0 Å². The Kier molecular flexibility index (Phi) is 16.2. The van der Waals surface area contributed by atoms with Crippen LogP contribution in [-0.2, 0) is 16.2 Å². The summed E-state index contributed by atoms with van der Waals surface area (Å²) in [4.78, 5) is 8.01. The topological polar surface area (TPSA) is 79.6 Å². The molecule has 0 amide bonds. The average Bonchev–Trinajstić information content (AvgIpc) is 1.70. The number of nitrogens with zero attached hydrogens (tertiary/aromatic N) is 3. The zero-order valence-electron chi connectivity index (χ0n) is 76.4. The first kappa shape index (κ1) is 77.3. The number of nitrogens with one attached hydrogen (secondary N) is 1. The fraction of sp³-hybridized carbons (Fsp3) is 0.179. The highest BCUT2D eigenvalue weighted by Gasteiger charge is 2.51. The van der Waals surface area contributed by atoms with E-state index < -0.39 is 0 Å². The first-order valence-electron chi connectivity index (χ1n) is 45.8. The molecular formula is C117H97B3N4O5. The molecule has 9 heterocycles. The van der Waals surface area contributed by atoms with Crippen molar-refractivity contribution in [1.82, 2.24) is 0 Å². The smallest absolute Gasteiger partial charge is 0.256 e. The van der Waals surface area contributed by atoms with Gasteiger partial charge < -0.3 is 42.7 Å². The zero-order chi connectivity index (χ0) is 88.1. The minimum atomic E-state index is -0.384. The Labute approximate surface area is 754 Å². The lowest BCUT2D eigenvalue weighted by Crippen LogP contribution is -2.66. The lowest BCUT2D eigenvalue weighted by atomic mass is 9.29. The van der Waals surface area contributed by atoms with Crippen molar-refractivity contribution in [3.05, 3.63) is 322 Å². The van der Waals surface area contributed by atoms with Crippen molar-refractivity contribution >= 4 is 198 Å². The Morgan fingerprint density at radius 1 is 0.248 bits per heavy atom. The maximum atomic E-state index is 7.59. The van der Waals surface area contributed by atoms with E-state index in [1.807, 2.05) is 0 Å². The number of ether oxygens (including phenoxy) is 2. The van der Waals surface area contributed by atoms with Crippen LogP contribution in [0.2, 0.25) is 0 Å². The van der Waals surface area contributed by atoms with Crippen molar-refractivity contribution in [3.8, 4) is 56.4 Å². The van der Waals surface area contributed by atoms with Crippen LogP contribution in [0.15, 0.2) is 268 Å². The standard InChI is InChI=1S/C117H97B3N4O5/c1-61-45-64(4)106(65(5)46-61)122-93-59-91-87(118-85-41-19-21-43-99(85)125-101-55-70(51-92(121-91)103(101)118)73-29-23-32-76-79-35-26-38-82(115(10,11)12)112(79)127-109(73)76)57-88(93)120-90-58-89-94(60-95(90)123(107-66(6)47-62(2)48-67(107)7)97-53-71(52-96(122)104(97)120)74-30-24-33-77-80-36-27-39-83(116(13,14)15)113(80)128-110(74)77)124(108-68(8)49-63(3)50-69(108)9)98-54-72(56-102-105(98)119(89)86-42-20-22-44-100(86)126-102)75-31-25-34-78-81-37-28-40-84(117(16,17)18)114(81)129-111(75)78/h19-60,121H,1-18H3. The molecule has 0 saturated heterocycles. The average molecular weight is 1670 g/mol. The van der Waals surface area contributed by atoms with Gasteiger partial charge in [0, 0.05) is 111 Å². The van der Waals surface area contributed by atoms with Gasteiger partial charge in [0.05, 0.1) is 17.1 Å². The summed E-state index contributed by atoms with van der Waals surface area (Å²) in [6.07, 6.45) is 0. The highest BCUT2D eigenvalue weighted by Crippen LogP contribution is 2.56. The van der Waals surface area contributed by atoms with Crippen LogP contribution < -0.4 is 78.7 Å². The molecule has 3 aromatic heterocycles. The summed E-state index contributed by atoms with van der Waals surface area (Å²) >= 11 is 0. The predicted molar refractivity (Wildman–Crippen MR) is 544 cm³/mol. The van der Waals surface area contributed by atoms with Gasteiger partial charge in [0.2, 0.25) is 0 Å². The van der Waals surface area contributed by atoms with Gasteiger partial charge in [-0.2, -0.15) is 0 Å². The molecule has 6 aliphatic rings. The highest BCUT2D eigenvalue weighted by molar-refractivity contribution is 7.04. The molecule has 6 aliphatic heterocycles. The van der Waals surface area contributed by atoms with E-state index in [2.05, 4.69) is 399 Å². The summed E-state index contributed by atoms with van der Waals surface area (Å²) in [5.74, 6) is 3.31. The van der Waals surface area contributed by atoms with E-state index in [9.17, 15) is 0 Å². The molecule has 1 N–H and O–H groups in total. The molecule has 12 heteroatoms. The number of furan rings is 3. The molecule has 0 radical (unpaired) electrons. The number of hydrogen-bond acceptors (Lipinski definition) is 9. The molecular weight excluding hydrogens is 1570 g/mol. The summed E-state index contributed by atoms with van der Waals surface area (Å²) in [6.45, 7) is 40.2. The van der Waals surface area contributed by atoms with Crippen molar-refractivity contribution in [1.29, 1.82) is 0 Å². The van der Waals surface area contributed by atoms with E-state index in [1.165, 1.54) is 94.1 Å². The van der Waals surface area contributed by atoms with Crippen molar-refractivity contribution < 1.29 is 22.7 Å². The third-order valence-electron chi connectivity index (χ3n) is 29.0. The molecule has 0 bridgehead atoms. The van der Waals surface area contributed by atoms with Crippen molar-refractivity contribution in [2.45, 2.75) is 141 Å². The van der Waals surface area contributed by atoms with E-state index >= 15 is 0 Å². The number of benzene rings is 16. The van der Waals surface area contributed by atoms with Crippen LogP contribution in [0.4, 0.5) is 62.6 Å². The third-order valence-corrected chi connectivity index (χ3v) is 29.0. The maximum absolute atomic E-state index is 7.59. The molecule has 9 nitrogen and oxygen atoms in total. The van der Waals surface area contributed by atoms with Crippen LogP contribution in [-0.4, -0.2) is 20.1 Å². The molecule has 624 valence electrons. The first-order chi connectivity index (χ1) is 62.1. The second-order valence-corrected chi connectivity index (χ2v) is 40.8. The van der Waals surface area contributed by atoms with Gasteiger partial charge in [-0.3, -0.25) is 0 Å². The Hall–Kier alpha value is -14.1. The molecule has 19 aromatic rings. The number of rotatable bonds is 6. The Morgan fingerprint density at radius 3 is 0.961 bits per heavy atom. The minimum absolute atomic E-state index is 0.146. The lowest BCUT2D eigenvalue weighted by Gasteiger charge is -2.48. The Balaban J connectivity index is 0.804. The minimum Gasteiger partial charge on any atom is -0.458 e. The van der Waals surface area contributed by atoms with Crippen molar-refractivity contribution in [2.75, 3.05) is 20.0 Å². The molecule has 0 unspecified atom stereocenters. The summed E-state index contributed by atoms with van der Waals surface area (Å²) in [6, 6.07) is 96.8. The predicted octanol–water partition coefficient (Wildman–Crippen LogP) is 26.2. The van der Waals surface area contributed by atoms with Gasteiger partial charge in [-0.1, -0.05) is 273 Å². The van der Waals surface area contributed by atoms with E-state index in [0.29, 0.717) is 0 Å². The van der Waals surface area contributed by atoms with Gasteiger partial charge in [0.1, 0.15) is 56.5 Å². The van der Waals surface area contributed by atoms with Crippen LogP contribution in [0.1, 0.15) is 129 Å². The zero-order valence-corrected chi connectivity index (χ0v) is 76.4. The number of aryl methyl sites for hydroxylation is 9. The monoisotopic (exact) mass is 1670 g/mol. The Morgan fingerprint density at radius 2 is 0.566 bits per heavy atom. The summed E-state index contributed by atoms with van der Waals surface area (Å²) in [5.41, 5.74) is 47.5. The van der Waals surface area contributed by atoms with Crippen LogP contribution >= 0.6 is 0 Å². The van der Waals surface area contributed by atoms with E-state index in [-0.39, 0.29) is 36.4 Å². The van der Waals surface area contributed by atoms with Gasteiger partial charge in [0.25, 0.3) is 20.1 Å². The van der Waals surface area contributed by atoms with Crippen LogP contribution in [0, 0.1) is 62.3 Å². The number of para-hydroxylation sites is 8. The maximum Gasteiger partial charge on any atom is 0.256 e. The first-order valence-corrected chi connectivity index (χ1v) is 45.8. The van der Waals surface area contributed by atoms with Gasteiger partial charge in [-0.05, 0) is 238 Å². The normalized spacial score (nSPS) is 13.9. The summed E-state index contributed by atoms with van der Waals surface area (Å²) < 4.78 is 37.1. The number of hydrogen-bond donors (Lipinski definition) is 1. The molecule has 129 heavy (non-hydrogen) atoms. The SMILES string of the molecule is Cc1cc(C)c(N2c3cc4c(cc3B3c5ccccc5Oc5cc(-c6cccc7c6oc6c(C(C)(C)C)cccc67)cc2c53)B2c3cc5c(cc3N(c3c(C)cc(C)cc3C)c3cc(-c6cccc7c6oc6c(C(C)(C)C)cccc67)cc(c32)N4c2c(C)cc(C)cc2C)Nc2cc(-c3cccc4c3oc3c(C(C)(C)C)cccc34)cc3c2B5c2ccccc2O3)c(C)c1. The summed E-state index contributed by atoms with van der Waals surface area (Å²) in [7, 11) is 0. The third kappa shape index (κ3) is 11.1. The second-order valence-electron chi connectivity index (χ2n) is 40.8. The van der Waals surface area contributed by atoms with Crippen LogP contribution in [0.3, 0.4) is 0 Å². The van der Waals surface area contributed by atoms with Gasteiger partial charge in [0.15, 0.2) is 0 Å². The second kappa shape index (κ2) is 27.0. The Bertz CT molecular complexity index is 8210. The molecule has 0 atom stereocenters. The van der Waals surface area contributed by atoms with E-state index in [0.717, 1.165) is 207 Å². The van der Waals surface area contributed by atoms with Gasteiger partial charge >= 0.3 is 0 Å². The fourth-order valence-corrected chi connectivity index (χ4v) is 23.9. The van der Waals surface area contributed by atoms with Crippen molar-refractivity contribution in [3.63, 3.8) is 0 Å². The highest BCUT2D eigenvalue weighted by atomic mass is 16.5. The molecule has 0 spiro atoms. The number of fused-ring (bicyclic) bond motifs is 21. The summed E-state index contributed by atoms with van der Waals surface area (Å²) in [5, 5.41) is 10.9. The van der Waals surface area contributed by atoms with Crippen LogP contribution in [0.25, 0.3) is 99.2 Å². The van der Waals surface area contributed by atoms with Crippen LogP contribution in [0.5, 0.6) is 23.0 Å². The quantitative estimate of drug-likeness (QED) is 0.164. The molecule has 16 aromatic carbocycles. The molecule has 0 aliphatic carbocycles. The number of anilines is 11.